The van der Waals surface area contributed by atoms with E-state index in [-0.39, 0.29) is 6.04 Å². The number of nitrogens with one attached hydrogen (secondary N) is 2. The predicted molar refractivity (Wildman–Crippen MR) is 96.0 cm³/mol. The fraction of sp³-hybridized carbons (Fsp3) is 0.368. The van der Waals surface area contributed by atoms with Crippen LogP contribution in [0.4, 0.5) is 13.2 Å². The van der Waals surface area contributed by atoms with Gasteiger partial charge < -0.3 is 15.7 Å². The lowest BCUT2D eigenvalue weighted by Crippen LogP contribution is -2.43. The van der Waals surface area contributed by atoms with Crippen molar-refractivity contribution in [2.45, 2.75) is 31.5 Å². The van der Waals surface area contributed by atoms with E-state index >= 15 is 0 Å². The van der Waals surface area contributed by atoms with Gasteiger partial charge in [-0.2, -0.15) is 8.78 Å². The molecule has 27 heavy (non-hydrogen) atoms. The van der Waals surface area contributed by atoms with Gasteiger partial charge in [0.15, 0.2) is 0 Å². The second-order valence-electron chi connectivity index (χ2n) is 6.12. The fourth-order valence-corrected chi connectivity index (χ4v) is 2.53. The van der Waals surface area contributed by atoms with Crippen LogP contribution >= 0.6 is 0 Å². The van der Waals surface area contributed by atoms with Crippen molar-refractivity contribution in [1.82, 2.24) is 15.6 Å². The molecular formula is C19H22F3N3O2. The van der Waals surface area contributed by atoms with Gasteiger partial charge in [-0.15, -0.1) is 0 Å². The first-order valence-corrected chi connectivity index (χ1v) is 8.43. The maximum Gasteiger partial charge on any atom is 0.315 e. The number of nitrogens with zero attached hydrogens (tertiary/aromatic N) is 1. The Morgan fingerprint density at radius 3 is 2.26 bits per heavy atom. The minimum absolute atomic E-state index is 0.123. The quantitative estimate of drug-likeness (QED) is 0.657. The number of carbonyl (C=O) groups excluding carboxylic acids is 1. The number of hydrogen-bond acceptors (Lipinski definition) is 4. The number of halogens is 3. The Labute approximate surface area is 155 Å². The number of benzene rings is 1. The number of aromatic nitrogens is 1. The second-order valence-corrected chi connectivity index (χ2v) is 6.12. The molecular weight excluding hydrogens is 359 g/mol. The molecule has 1 aromatic carbocycles. The van der Waals surface area contributed by atoms with Crippen molar-refractivity contribution < 1.29 is 23.1 Å². The van der Waals surface area contributed by atoms with E-state index in [0.29, 0.717) is 5.56 Å². The van der Waals surface area contributed by atoms with Gasteiger partial charge in [-0.25, -0.2) is 4.39 Å². The maximum absolute atomic E-state index is 13.1. The van der Waals surface area contributed by atoms with Crippen LogP contribution in [-0.2, 0) is 4.79 Å². The second kappa shape index (κ2) is 9.48. The molecule has 5 nitrogen and oxygen atoms in total. The van der Waals surface area contributed by atoms with Crippen LogP contribution in [0.3, 0.4) is 0 Å². The molecule has 2 unspecified atom stereocenters. The fourth-order valence-electron chi connectivity index (χ4n) is 2.53. The molecule has 0 fully saturated rings. The van der Waals surface area contributed by atoms with Crippen molar-refractivity contribution in [1.29, 1.82) is 0 Å². The highest BCUT2D eigenvalue weighted by molar-refractivity contribution is 5.79. The monoisotopic (exact) mass is 381 g/mol. The number of aliphatic hydroxyl groups excluding tert-OH is 1. The minimum atomic E-state index is -3.27. The summed E-state index contributed by atoms with van der Waals surface area (Å²) in [5.41, 5.74) is 2.89. The van der Waals surface area contributed by atoms with Crippen molar-refractivity contribution in [2.24, 2.45) is 0 Å². The molecule has 3 N–H and O–H groups in total. The van der Waals surface area contributed by atoms with Gasteiger partial charge in [-0.1, -0.05) is 30.3 Å². The molecule has 0 aliphatic rings. The Kier molecular flexibility index (Phi) is 7.32. The molecule has 0 aliphatic carbocycles. The van der Waals surface area contributed by atoms with Crippen molar-refractivity contribution >= 4 is 5.91 Å². The van der Waals surface area contributed by atoms with E-state index < -0.39 is 31.2 Å². The molecule has 1 heterocycles. The van der Waals surface area contributed by atoms with Crippen molar-refractivity contribution in [3.63, 3.8) is 0 Å². The van der Waals surface area contributed by atoms with Gasteiger partial charge in [0.1, 0.15) is 12.8 Å². The number of aliphatic hydroxyl groups is 1. The molecule has 0 radical (unpaired) electrons. The van der Waals surface area contributed by atoms with Gasteiger partial charge in [-0.3, -0.25) is 9.78 Å². The summed E-state index contributed by atoms with van der Waals surface area (Å²) in [5.74, 6) is -1.62. The zero-order valence-electron chi connectivity index (χ0n) is 15.0. The van der Waals surface area contributed by atoms with E-state index in [9.17, 15) is 23.1 Å². The van der Waals surface area contributed by atoms with E-state index in [1.807, 2.05) is 26.1 Å². The number of amides is 1. The Hall–Kier alpha value is -2.45. The molecule has 2 rings (SSSR count). The molecule has 2 aromatic rings. The summed E-state index contributed by atoms with van der Waals surface area (Å²) in [5, 5.41) is 15.1. The van der Waals surface area contributed by atoms with Crippen LogP contribution < -0.4 is 10.6 Å². The average Bonchev–Trinajstić information content (AvgIpc) is 2.70. The third-order valence-electron chi connectivity index (χ3n) is 4.32. The zero-order valence-corrected chi connectivity index (χ0v) is 15.0. The molecule has 0 spiro atoms. The molecule has 1 aromatic heterocycles. The third-order valence-corrected chi connectivity index (χ3v) is 4.32. The van der Waals surface area contributed by atoms with Crippen molar-refractivity contribution in [2.75, 3.05) is 13.7 Å². The number of pyridine rings is 1. The molecule has 0 bridgehead atoms. The minimum Gasteiger partial charge on any atom is -0.386 e. The van der Waals surface area contributed by atoms with E-state index in [4.69, 9.17) is 0 Å². The number of alkyl halides is 3. The summed E-state index contributed by atoms with van der Waals surface area (Å²) < 4.78 is 37.7. The highest BCUT2D eigenvalue weighted by atomic mass is 19.3. The lowest BCUT2D eigenvalue weighted by atomic mass is 9.99. The van der Waals surface area contributed by atoms with Gasteiger partial charge in [0, 0.05) is 17.8 Å². The van der Waals surface area contributed by atoms with E-state index in [1.54, 1.807) is 35.8 Å². The molecule has 0 aliphatic heterocycles. The molecule has 0 saturated heterocycles. The maximum atomic E-state index is 13.1. The summed E-state index contributed by atoms with van der Waals surface area (Å²) in [4.78, 5) is 15.4. The zero-order chi connectivity index (χ0) is 20.0. The van der Waals surface area contributed by atoms with Crippen LogP contribution in [0.2, 0.25) is 0 Å². The van der Waals surface area contributed by atoms with Crippen LogP contribution in [0.15, 0.2) is 42.6 Å². The highest BCUT2D eigenvalue weighted by Gasteiger charge is 2.26. The van der Waals surface area contributed by atoms with Crippen LogP contribution in [-0.4, -0.2) is 42.2 Å². The number of carbonyl (C=O) groups is 1. The lowest BCUT2D eigenvalue weighted by Gasteiger charge is -2.22. The van der Waals surface area contributed by atoms with Crippen LogP contribution in [0.25, 0.3) is 11.1 Å². The summed E-state index contributed by atoms with van der Waals surface area (Å²) in [7, 11) is 1.85. The summed E-state index contributed by atoms with van der Waals surface area (Å²) in [6.07, 6.45) is -2.99. The predicted octanol–water partition coefficient (Wildman–Crippen LogP) is 2.78. The number of rotatable bonds is 8. The average molecular weight is 381 g/mol. The van der Waals surface area contributed by atoms with Crippen LogP contribution in [0.5, 0.6) is 0 Å². The third kappa shape index (κ3) is 5.27. The van der Waals surface area contributed by atoms with Gasteiger partial charge in [0.25, 0.3) is 5.91 Å². The standard InChI is InChI=1S/C19H22F3N3O2/c1-11(23-2)15-8-7-14(10-24-15)12-3-5-13(6-4-12)17(26)16(9-20)25-19(27)18(21)22/h3-8,10-11,16-18,23,26H,9H2,1-2H3,(H,25,27)/t11?,16?,17-/m1/s1. The van der Waals surface area contributed by atoms with Crippen molar-refractivity contribution in [3.05, 3.63) is 53.9 Å². The lowest BCUT2D eigenvalue weighted by molar-refractivity contribution is -0.133. The SMILES string of the molecule is CNC(C)c1ccc(-c2ccc([C@@H](O)C(CF)NC(=O)C(F)F)cc2)cn1. The van der Waals surface area contributed by atoms with Gasteiger partial charge >= 0.3 is 6.43 Å². The Morgan fingerprint density at radius 1 is 1.15 bits per heavy atom. The first kappa shape index (κ1) is 20.9. The topological polar surface area (TPSA) is 74.2 Å². The first-order valence-electron chi connectivity index (χ1n) is 8.43. The molecule has 146 valence electrons. The van der Waals surface area contributed by atoms with E-state index in [0.717, 1.165) is 16.8 Å². The Balaban J connectivity index is 2.12. The van der Waals surface area contributed by atoms with Crippen LogP contribution in [0, 0.1) is 0 Å². The molecule has 3 atom stereocenters. The van der Waals surface area contributed by atoms with Gasteiger partial charge in [0.05, 0.1) is 11.7 Å². The highest BCUT2D eigenvalue weighted by Crippen LogP contribution is 2.24. The smallest absolute Gasteiger partial charge is 0.315 e. The van der Waals surface area contributed by atoms with Gasteiger partial charge in [-0.05, 0) is 31.2 Å². The Bertz CT molecular complexity index is 739. The van der Waals surface area contributed by atoms with Crippen molar-refractivity contribution in [3.8, 4) is 11.1 Å². The van der Waals surface area contributed by atoms with Gasteiger partial charge in [0.2, 0.25) is 0 Å². The molecule has 8 heteroatoms. The van der Waals surface area contributed by atoms with Crippen LogP contribution in [0.1, 0.15) is 30.3 Å². The normalized spacial score (nSPS) is 14.6. The summed E-state index contributed by atoms with van der Waals surface area (Å²) in [6, 6.07) is 9.02. The largest absolute Gasteiger partial charge is 0.386 e. The Morgan fingerprint density at radius 2 is 1.78 bits per heavy atom. The molecule has 1 amide bonds. The summed E-state index contributed by atoms with van der Waals surface area (Å²) >= 11 is 0. The van der Waals surface area contributed by atoms with E-state index in [2.05, 4.69) is 10.3 Å². The van der Waals surface area contributed by atoms with E-state index in [1.165, 1.54) is 0 Å². The first-order chi connectivity index (χ1) is 12.9. The summed E-state index contributed by atoms with van der Waals surface area (Å²) in [6.45, 7) is 0.822. The molecule has 0 saturated carbocycles. The number of hydrogen-bond donors (Lipinski definition) is 3.